The zero-order chi connectivity index (χ0) is 19.2. The second kappa shape index (κ2) is 9.02. The molecule has 3 N–H and O–H groups in total. The molecule has 0 aliphatic carbocycles. The fourth-order valence-electron chi connectivity index (χ4n) is 3.55. The highest BCUT2D eigenvalue weighted by atomic mass is 16.4. The molecule has 142 valence electrons. The Hall–Kier alpha value is -2.38. The van der Waals surface area contributed by atoms with Crippen molar-refractivity contribution in [3.63, 3.8) is 0 Å². The van der Waals surface area contributed by atoms with Crippen molar-refractivity contribution in [3.8, 4) is 0 Å². The van der Waals surface area contributed by atoms with Crippen LogP contribution in [-0.4, -0.2) is 52.9 Å². The first kappa shape index (κ1) is 19.4. The monoisotopic (exact) mass is 368 g/mol. The number of amides is 2. The van der Waals surface area contributed by atoms with Crippen molar-refractivity contribution in [1.29, 1.82) is 0 Å². The Morgan fingerprint density at radius 2 is 1.93 bits per heavy atom. The molecule has 27 heavy (non-hydrogen) atoms. The van der Waals surface area contributed by atoms with Crippen LogP contribution >= 0.6 is 0 Å². The Bertz CT molecular complexity index is 806. The highest BCUT2D eigenvalue weighted by Gasteiger charge is 2.27. The van der Waals surface area contributed by atoms with Crippen molar-refractivity contribution in [2.24, 2.45) is 0 Å². The Morgan fingerprint density at radius 1 is 1.15 bits per heavy atom. The third-order valence-electron chi connectivity index (χ3n) is 5.06. The van der Waals surface area contributed by atoms with E-state index in [9.17, 15) is 19.6 Å². The van der Waals surface area contributed by atoms with Crippen molar-refractivity contribution in [3.05, 3.63) is 48.0 Å². The highest BCUT2D eigenvalue weighted by molar-refractivity contribution is 6.43. The van der Waals surface area contributed by atoms with Gasteiger partial charge in [0, 0.05) is 25.9 Å². The first-order chi connectivity index (χ1) is 13.0. The molecule has 0 spiro atoms. The maximum absolute atomic E-state index is 12.3. The molecule has 1 atom stereocenters. The van der Waals surface area contributed by atoms with E-state index in [1.54, 1.807) is 4.90 Å². The summed E-state index contributed by atoms with van der Waals surface area (Å²) in [6.07, 6.45) is 2.89. The summed E-state index contributed by atoms with van der Waals surface area (Å²) in [5.41, 5.74) is 0.942. The van der Waals surface area contributed by atoms with E-state index in [2.05, 4.69) is 5.32 Å². The summed E-state index contributed by atoms with van der Waals surface area (Å²) in [4.78, 5) is 25.8. The summed E-state index contributed by atoms with van der Waals surface area (Å²) in [5.74, 6) is -1.00. The number of carbonyl (C=O) groups excluding carboxylic acids is 2. The third kappa shape index (κ3) is 5.08. The van der Waals surface area contributed by atoms with Gasteiger partial charge in [0.1, 0.15) is 0 Å². The summed E-state index contributed by atoms with van der Waals surface area (Å²) in [5, 5.41) is 24.3. The Labute approximate surface area is 159 Å². The molecule has 2 aromatic carbocycles. The normalized spacial score (nSPS) is 15.6. The standard InChI is InChI=1S/C20H25BN2O4/c24-19(11-13-23-12-4-3-10-20(23)25)22-18(21(26)27)14-16-8-5-7-15-6-1-2-9-17(15)16/h1-2,5-9,18,26-27H,3-4,10-14H2,(H,22,24)/t18-/m0/s1. The van der Waals surface area contributed by atoms with Gasteiger partial charge in [0.05, 0.1) is 5.94 Å². The average molecular weight is 368 g/mol. The van der Waals surface area contributed by atoms with Crippen LogP contribution in [0.2, 0.25) is 0 Å². The molecule has 1 fully saturated rings. The van der Waals surface area contributed by atoms with Crippen LogP contribution in [0.15, 0.2) is 42.5 Å². The minimum atomic E-state index is -1.66. The number of rotatable bonds is 7. The minimum Gasteiger partial charge on any atom is -0.426 e. The molecular weight excluding hydrogens is 343 g/mol. The lowest BCUT2D eigenvalue weighted by atomic mass is 9.75. The van der Waals surface area contributed by atoms with Crippen LogP contribution in [0.4, 0.5) is 0 Å². The lowest BCUT2D eigenvalue weighted by Crippen LogP contribution is -2.48. The van der Waals surface area contributed by atoms with Crippen molar-refractivity contribution in [2.75, 3.05) is 13.1 Å². The van der Waals surface area contributed by atoms with Crippen LogP contribution in [0.3, 0.4) is 0 Å². The van der Waals surface area contributed by atoms with Crippen molar-refractivity contribution < 1.29 is 19.6 Å². The smallest absolute Gasteiger partial charge is 0.426 e. The number of nitrogens with zero attached hydrogens (tertiary/aromatic N) is 1. The fraction of sp³-hybridized carbons (Fsp3) is 0.400. The maximum Gasteiger partial charge on any atom is 0.475 e. The number of nitrogens with one attached hydrogen (secondary N) is 1. The number of likely N-dealkylation sites (tertiary alicyclic amines) is 1. The van der Waals surface area contributed by atoms with Gasteiger partial charge in [0.2, 0.25) is 11.8 Å². The van der Waals surface area contributed by atoms with E-state index in [4.69, 9.17) is 0 Å². The van der Waals surface area contributed by atoms with Crippen molar-refractivity contribution in [2.45, 2.75) is 38.0 Å². The zero-order valence-electron chi connectivity index (χ0n) is 15.3. The molecule has 7 heteroatoms. The predicted molar refractivity (Wildman–Crippen MR) is 105 cm³/mol. The molecule has 0 unspecified atom stereocenters. The fourth-order valence-corrected chi connectivity index (χ4v) is 3.55. The van der Waals surface area contributed by atoms with Gasteiger partial charge in [-0.15, -0.1) is 0 Å². The molecular formula is C20H25BN2O4. The lowest BCUT2D eigenvalue weighted by molar-refractivity contribution is -0.133. The van der Waals surface area contributed by atoms with E-state index in [0.29, 0.717) is 25.9 Å². The van der Waals surface area contributed by atoms with Gasteiger partial charge in [0.25, 0.3) is 0 Å². The Morgan fingerprint density at radius 3 is 2.70 bits per heavy atom. The second-order valence-electron chi connectivity index (χ2n) is 7.02. The summed E-state index contributed by atoms with van der Waals surface area (Å²) in [6, 6.07) is 13.7. The van der Waals surface area contributed by atoms with Gasteiger partial charge < -0.3 is 20.3 Å². The third-order valence-corrected chi connectivity index (χ3v) is 5.06. The SMILES string of the molecule is O=C(CCN1CCCCC1=O)N[C@@H](Cc1cccc2ccccc12)B(O)O. The van der Waals surface area contributed by atoms with E-state index in [0.717, 1.165) is 29.2 Å². The molecule has 3 rings (SSSR count). The number of piperidine rings is 1. The molecule has 0 saturated carbocycles. The zero-order valence-corrected chi connectivity index (χ0v) is 15.3. The summed E-state index contributed by atoms with van der Waals surface area (Å²) in [6.45, 7) is 1.06. The molecule has 0 bridgehead atoms. The van der Waals surface area contributed by atoms with E-state index < -0.39 is 13.1 Å². The largest absolute Gasteiger partial charge is 0.475 e. The first-order valence-electron chi connectivity index (χ1n) is 9.44. The van der Waals surface area contributed by atoms with E-state index in [-0.39, 0.29) is 18.2 Å². The van der Waals surface area contributed by atoms with Crippen LogP contribution in [-0.2, 0) is 16.0 Å². The van der Waals surface area contributed by atoms with E-state index >= 15 is 0 Å². The summed E-state index contributed by atoms with van der Waals surface area (Å²) in [7, 11) is -1.66. The lowest BCUT2D eigenvalue weighted by Gasteiger charge is -2.27. The number of fused-ring (bicyclic) bond motifs is 1. The minimum absolute atomic E-state index is 0.0866. The van der Waals surface area contributed by atoms with Gasteiger partial charge in [-0.1, -0.05) is 42.5 Å². The van der Waals surface area contributed by atoms with Crippen LogP contribution in [0.1, 0.15) is 31.2 Å². The highest BCUT2D eigenvalue weighted by Crippen LogP contribution is 2.20. The molecule has 1 aliphatic rings. The van der Waals surface area contributed by atoms with Gasteiger partial charge in [-0.3, -0.25) is 9.59 Å². The van der Waals surface area contributed by atoms with Gasteiger partial charge in [-0.05, 0) is 35.6 Å². The summed E-state index contributed by atoms with van der Waals surface area (Å²) >= 11 is 0. The average Bonchev–Trinajstić information content (AvgIpc) is 2.67. The Kier molecular flexibility index (Phi) is 6.47. The molecule has 1 saturated heterocycles. The van der Waals surface area contributed by atoms with Gasteiger partial charge >= 0.3 is 7.12 Å². The van der Waals surface area contributed by atoms with Crippen molar-refractivity contribution >= 4 is 29.7 Å². The van der Waals surface area contributed by atoms with Gasteiger partial charge in [0.15, 0.2) is 0 Å². The quantitative estimate of drug-likeness (QED) is 0.643. The van der Waals surface area contributed by atoms with Crippen LogP contribution in [0.5, 0.6) is 0 Å². The topological polar surface area (TPSA) is 89.9 Å². The van der Waals surface area contributed by atoms with Gasteiger partial charge in [-0.2, -0.15) is 0 Å². The molecule has 0 radical (unpaired) electrons. The molecule has 6 nitrogen and oxygen atoms in total. The van der Waals surface area contributed by atoms with E-state index in [1.165, 1.54) is 0 Å². The number of carbonyl (C=O) groups is 2. The molecule has 2 aromatic rings. The number of benzene rings is 2. The maximum atomic E-state index is 12.3. The summed E-state index contributed by atoms with van der Waals surface area (Å²) < 4.78 is 0. The molecule has 0 aromatic heterocycles. The van der Waals surface area contributed by atoms with E-state index in [1.807, 2.05) is 42.5 Å². The molecule has 1 aliphatic heterocycles. The number of hydrogen-bond acceptors (Lipinski definition) is 4. The number of hydrogen-bond donors (Lipinski definition) is 3. The predicted octanol–water partition coefficient (Wildman–Crippen LogP) is 1.28. The first-order valence-corrected chi connectivity index (χ1v) is 9.44. The molecule has 2 amide bonds. The van der Waals surface area contributed by atoms with Crippen LogP contribution in [0, 0.1) is 0 Å². The van der Waals surface area contributed by atoms with Crippen LogP contribution < -0.4 is 5.32 Å². The molecule has 1 heterocycles. The van der Waals surface area contributed by atoms with Crippen molar-refractivity contribution in [1.82, 2.24) is 10.2 Å². The second-order valence-corrected chi connectivity index (χ2v) is 7.02. The van der Waals surface area contributed by atoms with Gasteiger partial charge in [-0.25, -0.2) is 0 Å². The Balaban J connectivity index is 1.61. The van der Waals surface area contributed by atoms with Crippen LogP contribution in [0.25, 0.3) is 10.8 Å².